The van der Waals surface area contributed by atoms with E-state index >= 15 is 0 Å². The van der Waals surface area contributed by atoms with Gasteiger partial charge in [0.25, 0.3) is 0 Å². The van der Waals surface area contributed by atoms with Crippen LogP contribution in [-0.2, 0) is 6.54 Å². The van der Waals surface area contributed by atoms with Crippen LogP contribution in [0.1, 0.15) is 29.3 Å². The number of nitrogens with zero attached hydrogens (tertiary/aromatic N) is 2. The molecular formula is C15H14BrClN2S. The number of halogens is 2. The Hall–Kier alpha value is -0.840. The summed E-state index contributed by atoms with van der Waals surface area (Å²) in [4.78, 5) is 4.68. The fourth-order valence-electron chi connectivity index (χ4n) is 2.30. The second kappa shape index (κ2) is 5.51. The lowest BCUT2D eigenvalue weighted by molar-refractivity contribution is 0.741. The molecule has 2 heterocycles. The van der Waals surface area contributed by atoms with Crippen molar-refractivity contribution in [3.8, 4) is 0 Å². The molecule has 3 aromatic rings. The summed E-state index contributed by atoms with van der Waals surface area (Å²) in [6, 6.07) is 6.14. The Balaban J connectivity index is 2.18. The number of benzene rings is 1. The van der Waals surface area contributed by atoms with E-state index in [0.29, 0.717) is 0 Å². The van der Waals surface area contributed by atoms with Crippen LogP contribution >= 0.6 is 38.9 Å². The van der Waals surface area contributed by atoms with Gasteiger partial charge in [0, 0.05) is 4.47 Å². The highest BCUT2D eigenvalue weighted by Crippen LogP contribution is 2.28. The van der Waals surface area contributed by atoms with Gasteiger partial charge in [-0.3, -0.25) is 0 Å². The molecular weight excluding hydrogens is 356 g/mol. The SMILES string of the molecule is Cc1cscc1Cn1c(C(C)Cl)nc2ccc(Br)cc21. The highest BCUT2D eigenvalue weighted by molar-refractivity contribution is 9.10. The Morgan fingerprint density at radius 1 is 1.40 bits per heavy atom. The van der Waals surface area contributed by atoms with E-state index in [1.54, 1.807) is 11.3 Å². The van der Waals surface area contributed by atoms with E-state index in [2.05, 4.69) is 49.2 Å². The first-order chi connectivity index (χ1) is 9.56. The van der Waals surface area contributed by atoms with Gasteiger partial charge in [-0.15, -0.1) is 11.6 Å². The van der Waals surface area contributed by atoms with E-state index in [1.165, 1.54) is 11.1 Å². The second-order valence-corrected chi connectivity index (χ2v) is 7.20. The maximum Gasteiger partial charge on any atom is 0.128 e. The number of hydrogen-bond donors (Lipinski definition) is 0. The second-order valence-electron chi connectivity index (χ2n) is 4.89. The van der Waals surface area contributed by atoms with Crippen molar-refractivity contribution < 1.29 is 0 Å². The molecule has 3 rings (SSSR count). The summed E-state index contributed by atoms with van der Waals surface area (Å²) in [5, 5.41) is 4.26. The van der Waals surface area contributed by atoms with Crippen LogP contribution in [0.5, 0.6) is 0 Å². The largest absolute Gasteiger partial charge is 0.322 e. The summed E-state index contributed by atoms with van der Waals surface area (Å²) in [5.74, 6) is 0.922. The lowest BCUT2D eigenvalue weighted by Crippen LogP contribution is -2.06. The molecule has 1 atom stereocenters. The molecule has 0 bridgehead atoms. The normalized spacial score (nSPS) is 13.0. The van der Waals surface area contributed by atoms with Crippen LogP contribution in [-0.4, -0.2) is 9.55 Å². The minimum atomic E-state index is -0.111. The molecule has 20 heavy (non-hydrogen) atoms. The maximum absolute atomic E-state index is 6.31. The Bertz CT molecular complexity index is 760. The molecule has 0 amide bonds. The predicted molar refractivity (Wildman–Crippen MR) is 89.9 cm³/mol. The molecule has 1 aromatic carbocycles. The van der Waals surface area contributed by atoms with Crippen molar-refractivity contribution in [2.24, 2.45) is 0 Å². The monoisotopic (exact) mass is 368 g/mol. The van der Waals surface area contributed by atoms with Crippen molar-refractivity contribution >= 4 is 49.9 Å². The number of aryl methyl sites for hydroxylation is 1. The lowest BCUT2D eigenvalue weighted by Gasteiger charge is -2.10. The molecule has 0 spiro atoms. The molecule has 104 valence electrons. The smallest absolute Gasteiger partial charge is 0.128 e. The third kappa shape index (κ3) is 2.52. The topological polar surface area (TPSA) is 17.8 Å². The molecule has 1 unspecified atom stereocenters. The Morgan fingerprint density at radius 2 is 2.20 bits per heavy atom. The highest BCUT2D eigenvalue weighted by atomic mass is 79.9. The first-order valence-corrected chi connectivity index (χ1v) is 8.55. The van der Waals surface area contributed by atoms with Crippen molar-refractivity contribution in [2.75, 3.05) is 0 Å². The van der Waals surface area contributed by atoms with Crippen molar-refractivity contribution in [3.05, 3.63) is 50.4 Å². The van der Waals surface area contributed by atoms with Crippen molar-refractivity contribution in [1.82, 2.24) is 9.55 Å². The van der Waals surface area contributed by atoms with Crippen molar-refractivity contribution in [2.45, 2.75) is 25.8 Å². The molecule has 5 heteroatoms. The fourth-order valence-corrected chi connectivity index (χ4v) is 3.67. The van der Waals surface area contributed by atoms with E-state index in [-0.39, 0.29) is 5.38 Å². The van der Waals surface area contributed by atoms with Crippen molar-refractivity contribution in [3.63, 3.8) is 0 Å². The van der Waals surface area contributed by atoms with Gasteiger partial charge in [0.1, 0.15) is 5.82 Å². The Morgan fingerprint density at radius 3 is 2.85 bits per heavy atom. The molecule has 2 aromatic heterocycles. The van der Waals surface area contributed by atoms with Gasteiger partial charge in [0.05, 0.1) is 23.0 Å². The summed E-state index contributed by atoms with van der Waals surface area (Å²) >= 11 is 11.6. The van der Waals surface area contributed by atoms with Crippen LogP contribution in [0.25, 0.3) is 11.0 Å². The van der Waals surface area contributed by atoms with Gasteiger partial charge in [0.15, 0.2) is 0 Å². The summed E-state index contributed by atoms with van der Waals surface area (Å²) in [6.07, 6.45) is 0. The summed E-state index contributed by atoms with van der Waals surface area (Å²) in [6.45, 7) is 4.92. The Labute approximate surface area is 135 Å². The van der Waals surface area contributed by atoms with Crippen LogP contribution in [0.15, 0.2) is 33.4 Å². The number of imidazole rings is 1. The first-order valence-electron chi connectivity index (χ1n) is 6.37. The molecule has 0 radical (unpaired) electrons. The van der Waals surface area contributed by atoms with Gasteiger partial charge in [-0.1, -0.05) is 15.9 Å². The number of alkyl halides is 1. The van der Waals surface area contributed by atoms with Gasteiger partial charge in [-0.05, 0) is 53.9 Å². The number of thiophene rings is 1. The van der Waals surface area contributed by atoms with Gasteiger partial charge in [-0.2, -0.15) is 11.3 Å². The predicted octanol–water partition coefficient (Wildman–Crippen LogP) is 5.52. The van der Waals surface area contributed by atoms with E-state index in [1.807, 2.05) is 19.1 Å². The molecule has 0 N–H and O–H groups in total. The third-order valence-corrected chi connectivity index (χ3v) is 4.98. The Kier molecular flexibility index (Phi) is 3.89. The maximum atomic E-state index is 6.31. The van der Waals surface area contributed by atoms with Gasteiger partial charge in [0.2, 0.25) is 0 Å². The molecule has 0 saturated heterocycles. The van der Waals surface area contributed by atoms with Crippen molar-refractivity contribution in [1.29, 1.82) is 0 Å². The van der Waals surface area contributed by atoms with E-state index < -0.39 is 0 Å². The summed E-state index contributed by atoms with van der Waals surface area (Å²) in [5.41, 5.74) is 4.75. The zero-order valence-corrected chi connectivity index (χ0v) is 14.4. The van der Waals surface area contributed by atoms with Crippen LogP contribution in [0.2, 0.25) is 0 Å². The minimum Gasteiger partial charge on any atom is -0.322 e. The van der Waals surface area contributed by atoms with E-state index in [9.17, 15) is 0 Å². The van der Waals surface area contributed by atoms with Gasteiger partial charge >= 0.3 is 0 Å². The van der Waals surface area contributed by atoms with E-state index in [0.717, 1.165) is 27.9 Å². The molecule has 2 nitrogen and oxygen atoms in total. The van der Waals surface area contributed by atoms with E-state index in [4.69, 9.17) is 11.6 Å². The average Bonchev–Trinajstić information content (AvgIpc) is 2.95. The number of fused-ring (bicyclic) bond motifs is 1. The molecule has 0 saturated carbocycles. The molecule has 0 aliphatic heterocycles. The van der Waals surface area contributed by atoms with Crippen LogP contribution in [0, 0.1) is 6.92 Å². The highest BCUT2D eigenvalue weighted by Gasteiger charge is 2.16. The molecule has 0 aliphatic carbocycles. The average molecular weight is 370 g/mol. The molecule has 0 fully saturated rings. The van der Waals surface area contributed by atoms with Crippen LogP contribution in [0.4, 0.5) is 0 Å². The summed E-state index contributed by atoms with van der Waals surface area (Å²) < 4.78 is 3.27. The van der Waals surface area contributed by atoms with Crippen LogP contribution < -0.4 is 0 Å². The van der Waals surface area contributed by atoms with Gasteiger partial charge in [-0.25, -0.2) is 4.98 Å². The minimum absolute atomic E-state index is 0.111. The van der Waals surface area contributed by atoms with Crippen LogP contribution in [0.3, 0.4) is 0 Å². The quantitative estimate of drug-likeness (QED) is 0.556. The fraction of sp³-hybridized carbons (Fsp3) is 0.267. The third-order valence-electron chi connectivity index (χ3n) is 3.39. The first kappa shape index (κ1) is 14.1. The summed E-state index contributed by atoms with van der Waals surface area (Å²) in [7, 11) is 0. The molecule has 0 aliphatic rings. The number of hydrogen-bond acceptors (Lipinski definition) is 2. The zero-order valence-electron chi connectivity index (χ0n) is 11.2. The lowest BCUT2D eigenvalue weighted by atomic mass is 10.2. The standard InChI is InChI=1S/C15H14BrClN2S/c1-9-7-20-8-11(9)6-19-14-5-12(16)3-4-13(14)18-15(19)10(2)17/h3-5,7-8,10H,6H2,1-2H3. The van der Waals surface area contributed by atoms with Gasteiger partial charge < -0.3 is 4.57 Å². The zero-order chi connectivity index (χ0) is 14.3. The number of aromatic nitrogens is 2. The number of rotatable bonds is 3.